The van der Waals surface area contributed by atoms with E-state index in [1.165, 1.54) is 11.3 Å². The van der Waals surface area contributed by atoms with Crippen LogP contribution in [0.15, 0.2) is 42.5 Å². The number of carbonyl (C=O) groups excluding carboxylic acids is 1. The van der Waals surface area contributed by atoms with Crippen molar-refractivity contribution in [1.82, 2.24) is 10.3 Å². The molecule has 0 saturated carbocycles. The van der Waals surface area contributed by atoms with Gasteiger partial charge in [-0.1, -0.05) is 29.9 Å². The van der Waals surface area contributed by atoms with Gasteiger partial charge in [-0.25, -0.2) is 4.98 Å². The van der Waals surface area contributed by atoms with Crippen LogP contribution >= 0.6 is 35.2 Å². The molecule has 1 heterocycles. The Bertz CT molecular complexity index is 973. The molecule has 0 aliphatic carbocycles. The Morgan fingerprint density at radius 3 is 2.74 bits per heavy atom. The standard InChI is InChI=1S/C19H18ClN3O2S2/c1-3-11(2)25-14-7-4-12(5-8-14)17(24)22-18(26)23-19-21-15-9-6-13(20)10-16(15)27-19/h4-11H,3H2,1-2H3,(H2,21,22,23,24,26)/t11-/m0/s1. The van der Waals surface area contributed by atoms with Gasteiger partial charge in [-0.2, -0.15) is 0 Å². The van der Waals surface area contributed by atoms with E-state index in [4.69, 9.17) is 28.6 Å². The Hall–Kier alpha value is -2.22. The van der Waals surface area contributed by atoms with Crippen LogP contribution in [0.5, 0.6) is 5.75 Å². The maximum Gasteiger partial charge on any atom is 0.257 e. The number of thiocarbonyl (C=S) groups is 1. The van der Waals surface area contributed by atoms with Gasteiger partial charge in [0.25, 0.3) is 5.91 Å². The highest BCUT2D eigenvalue weighted by Crippen LogP contribution is 2.28. The van der Waals surface area contributed by atoms with Gasteiger partial charge in [0.05, 0.1) is 16.3 Å². The molecule has 5 nitrogen and oxygen atoms in total. The third-order valence-electron chi connectivity index (χ3n) is 3.83. The van der Waals surface area contributed by atoms with E-state index in [0.717, 1.165) is 22.4 Å². The molecule has 0 aliphatic heterocycles. The van der Waals surface area contributed by atoms with Crippen LogP contribution < -0.4 is 15.4 Å². The van der Waals surface area contributed by atoms with E-state index < -0.39 is 0 Å². The minimum atomic E-state index is -0.299. The summed E-state index contributed by atoms with van der Waals surface area (Å²) >= 11 is 12.6. The summed E-state index contributed by atoms with van der Waals surface area (Å²) in [5, 5.41) is 7.01. The van der Waals surface area contributed by atoms with Crippen molar-refractivity contribution in [3.63, 3.8) is 0 Å². The Kier molecular flexibility index (Phi) is 6.26. The van der Waals surface area contributed by atoms with Crippen LogP contribution in [-0.4, -0.2) is 22.1 Å². The third-order valence-corrected chi connectivity index (χ3v) is 5.20. The first-order valence-corrected chi connectivity index (χ1v) is 10.00. The fourth-order valence-electron chi connectivity index (χ4n) is 2.26. The summed E-state index contributed by atoms with van der Waals surface area (Å²) in [5.41, 5.74) is 1.31. The average molecular weight is 420 g/mol. The van der Waals surface area contributed by atoms with Gasteiger partial charge in [-0.05, 0) is 68.0 Å². The lowest BCUT2D eigenvalue weighted by Crippen LogP contribution is -2.34. The Balaban J connectivity index is 1.60. The molecule has 140 valence electrons. The van der Waals surface area contributed by atoms with Crippen LogP contribution in [0, 0.1) is 0 Å². The van der Waals surface area contributed by atoms with E-state index in [2.05, 4.69) is 22.5 Å². The van der Waals surface area contributed by atoms with E-state index in [-0.39, 0.29) is 17.1 Å². The lowest BCUT2D eigenvalue weighted by atomic mass is 10.2. The van der Waals surface area contributed by atoms with Crippen LogP contribution in [0.2, 0.25) is 5.02 Å². The summed E-state index contributed by atoms with van der Waals surface area (Å²) in [5.74, 6) is 0.432. The van der Waals surface area contributed by atoms with Crippen LogP contribution in [0.4, 0.5) is 5.13 Å². The Morgan fingerprint density at radius 2 is 2.04 bits per heavy atom. The van der Waals surface area contributed by atoms with Crippen molar-refractivity contribution in [1.29, 1.82) is 0 Å². The minimum Gasteiger partial charge on any atom is -0.491 e. The van der Waals surface area contributed by atoms with E-state index >= 15 is 0 Å². The van der Waals surface area contributed by atoms with E-state index in [9.17, 15) is 4.79 Å². The predicted molar refractivity (Wildman–Crippen MR) is 115 cm³/mol. The van der Waals surface area contributed by atoms with Gasteiger partial charge in [0.1, 0.15) is 5.75 Å². The van der Waals surface area contributed by atoms with Gasteiger partial charge in [0.2, 0.25) is 0 Å². The van der Waals surface area contributed by atoms with Crippen molar-refractivity contribution in [2.24, 2.45) is 0 Å². The molecule has 1 atom stereocenters. The number of rotatable bonds is 5. The molecule has 1 aromatic heterocycles. The van der Waals surface area contributed by atoms with Crippen LogP contribution in [0.1, 0.15) is 30.6 Å². The van der Waals surface area contributed by atoms with Gasteiger partial charge >= 0.3 is 0 Å². The molecule has 0 bridgehead atoms. The fraction of sp³-hybridized carbons (Fsp3) is 0.211. The number of fused-ring (bicyclic) bond motifs is 1. The number of anilines is 1. The van der Waals surface area contributed by atoms with Gasteiger partial charge in [-0.3, -0.25) is 10.1 Å². The molecule has 0 fully saturated rings. The third kappa shape index (κ3) is 5.15. The molecule has 2 aromatic carbocycles. The van der Waals surface area contributed by atoms with Gasteiger partial charge in [0, 0.05) is 10.6 Å². The number of nitrogens with one attached hydrogen (secondary N) is 2. The molecular weight excluding hydrogens is 402 g/mol. The molecular formula is C19H18ClN3O2S2. The zero-order valence-electron chi connectivity index (χ0n) is 14.8. The van der Waals surface area contributed by atoms with Crippen molar-refractivity contribution in [2.45, 2.75) is 26.4 Å². The van der Waals surface area contributed by atoms with Crippen molar-refractivity contribution in [3.05, 3.63) is 53.1 Å². The van der Waals surface area contributed by atoms with E-state index in [0.29, 0.717) is 15.7 Å². The summed E-state index contributed by atoms with van der Waals surface area (Å²) in [6.07, 6.45) is 1.05. The molecule has 1 amide bonds. The number of aromatic nitrogens is 1. The Labute approximate surface area is 171 Å². The van der Waals surface area contributed by atoms with Crippen LogP contribution in [0.3, 0.4) is 0 Å². The van der Waals surface area contributed by atoms with Crippen molar-refractivity contribution in [2.75, 3.05) is 5.32 Å². The molecule has 0 radical (unpaired) electrons. The van der Waals surface area contributed by atoms with E-state index in [1.54, 1.807) is 30.3 Å². The molecule has 0 saturated heterocycles. The second kappa shape index (κ2) is 8.65. The molecule has 0 spiro atoms. The maximum absolute atomic E-state index is 12.3. The Morgan fingerprint density at radius 1 is 1.30 bits per heavy atom. The summed E-state index contributed by atoms with van der Waals surface area (Å²) in [6.45, 7) is 4.06. The quantitative estimate of drug-likeness (QED) is 0.552. The topological polar surface area (TPSA) is 63.2 Å². The highest BCUT2D eigenvalue weighted by atomic mass is 35.5. The van der Waals surface area contributed by atoms with E-state index in [1.807, 2.05) is 19.1 Å². The zero-order chi connectivity index (χ0) is 19.4. The van der Waals surface area contributed by atoms with Gasteiger partial charge in [0.15, 0.2) is 10.2 Å². The first-order valence-electron chi connectivity index (χ1n) is 8.39. The summed E-state index contributed by atoms with van der Waals surface area (Å²) in [7, 11) is 0. The highest BCUT2D eigenvalue weighted by molar-refractivity contribution is 7.80. The van der Waals surface area contributed by atoms with Crippen molar-refractivity contribution in [3.8, 4) is 5.75 Å². The number of ether oxygens (including phenoxy) is 1. The molecule has 27 heavy (non-hydrogen) atoms. The molecule has 3 rings (SSSR count). The molecule has 3 aromatic rings. The number of halogens is 1. The minimum absolute atomic E-state index is 0.130. The van der Waals surface area contributed by atoms with Crippen molar-refractivity contribution < 1.29 is 9.53 Å². The SMILES string of the molecule is CC[C@H](C)Oc1ccc(C(=O)NC(=S)Nc2nc3ccc(Cl)cc3s2)cc1. The number of hydrogen-bond acceptors (Lipinski definition) is 5. The lowest BCUT2D eigenvalue weighted by molar-refractivity contribution is 0.0977. The zero-order valence-corrected chi connectivity index (χ0v) is 17.2. The van der Waals surface area contributed by atoms with Crippen LogP contribution in [0.25, 0.3) is 10.2 Å². The maximum atomic E-state index is 12.3. The van der Waals surface area contributed by atoms with Gasteiger partial charge < -0.3 is 10.1 Å². The average Bonchev–Trinajstić information content (AvgIpc) is 3.03. The molecule has 2 N–H and O–H groups in total. The normalized spacial score (nSPS) is 11.8. The number of benzene rings is 2. The molecule has 0 unspecified atom stereocenters. The predicted octanol–water partition coefficient (Wildman–Crippen LogP) is 5.25. The number of carbonyl (C=O) groups is 1. The number of thiazole rings is 1. The number of nitrogens with zero attached hydrogens (tertiary/aromatic N) is 1. The largest absolute Gasteiger partial charge is 0.491 e. The van der Waals surface area contributed by atoms with Crippen LogP contribution in [-0.2, 0) is 0 Å². The van der Waals surface area contributed by atoms with Crippen molar-refractivity contribution >= 4 is 61.5 Å². The second-order valence-corrected chi connectivity index (χ2v) is 7.78. The summed E-state index contributed by atoms with van der Waals surface area (Å²) in [6, 6.07) is 12.4. The number of amides is 1. The molecule has 8 heteroatoms. The molecule has 0 aliphatic rings. The fourth-order valence-corrected chi connectivity index (χ4v) is 3.66. The first kappa shape index (κ1) is 19.5. The summed E-state index contributed by atoms with van der Waals surface area (Å²) in [4.78, 5) is 16.8. The van der Waals surface area contributed by atoms with Gasteiger partial charge in [-0.15, -0.1) is 0 Å². The smallest absolute Gasteiger partial charge is 0.257 e. The second-order valence-electron chi connectivity index (χ2n) is 5.90. The first-order chi connectivity index (χ1) is 12.9. The summed E-state index contributed by atoms with van der Waals surface area (Å²) < 4.78 is 6.65. The monoisotopic (exact) mass is 419 g/mol. The highest BCUT2D eigenvalue weighted by Gasteiger charge is 2.11. The number of hydrogen-bond donors (Lipinski definition) is 2. The lowest BCUT2D eigenvalue weighted by Gasteiger charge is -2.13.